The van der Waals surface area contributed by atoms with Crippen LogP contribution in [0.2, 0.25) is 0 Å². The smallest absolute Gasteiger partial charge is 0.249 e. The lowest BCUT2D eigenvalue weighted by molar-refractivity contribution is -0.129. The van der Waals surface area contributed by atoms with Gasteiger partial charge in [-0.3, -0.25) is 9.59 Å². The van der Waals surface area contributed by atoms with Crippen LogP contribution in [0, 0.1) is 5.92 Å². The number of para-hydroxylation sites is 1. The van der Waals surface area contributed by atoms with Crippen LogP contribution >= 0.6 is 15.9 Å². The molecule has 0 radical (unpaired) electrons. The molecule has 2 aromatic heterocycles. The van der Waals surface area contributed by atoms with E-state index in [2.05, 4.69) is 80.4 Å². The number of alkyl halides is 1. The fraction of sp³-hybridized carbons (Fsp3) is 0.317. The molecule has 0 saturated heterocycles. The second-order valence-electron chi connectivity index (χ2n) is 14.7. The maximum Gasteiger partial charge on any atom is 0.249 e. The fourth-order valence-electron chi connectivity index (χ4n) is 8.75. The number of hydrogen-bond donors (Lipinski definition) is 3. The molecule has 1 spiro atoms. The maximum absolute atomic E-state index is 14.2. The highest BCUT2D eigenvalue weighted by atomic mass is 79.9. The van der Waals surface area contributed by atoms with E-state index < -0.39 is 28.6 Å². The van der Waals surface area contributed by atoms with Crippen LogP contribution in [0.25, 0.3) is 28.3 Å². The number of ether oxygens (including phenoxy) is 1. The third-order valence-corrected chi connectivity index (χ3v) is 12.1. The molecule has 10 bridgehead atoms. The van der Waals surface area contributed by atoms with Crippen molar-refractivity contribution in [2.75, 3.05) is 5.32 Å². The molecule has 5 aliphatic rings. The number of fused-ring (bicyclic) bond motifs is 7. The Morgan fingerprint density at radius 2 is 1.92 bits per heavy atom. The van der Waals surface area contributed by atoms with Crippen molar-refractivity contribution in [3.63, 3.8) is 0 Å². The number of allylic oxidation sites excluding steroid dienone is 1. The minimum absolute atomic E-state index is 0.118. The summed E-state index contributed by atoms with van der Waals surface area (Å²) in [5.41, 5.74) is 8.61. The Kier molecular flexibility index (Phi) is 6.93. The third-order valence-electron chi connectivity index (χ3n) is 11.2. The zero-order valence-electron chi connectivity index (χ0n) is 28.9. The van der Waals surface area contributed by atoms with E-state index in [9.17, 15) is 9.59 Å². The summed E-state index contributed by atoms with van der Waals surface area (Å²) in [7, 11) is 0. The van der Waals surface area contributed by atoms with Crippen molar-refractivity contribution in [1.29, 1.82) is 0 Å². The van der Waals surface area contributed by atoms with Gasteiger partial charge in [0.15, 0.2) is 23.4 Å². The number of carbonyl (C=O) groups is 2. The van der Waals surface area contributed by atoms with Gasteiger partial charge in [0.25, 0.3) is 0 Å². The fourth-order valence-corrected chi connectivity index (χ4v) is 9.34. The number of rotatable bonds is 5. The molecule has 1 aliphatic carbocycles. The van der Waals surface area contributed by atoms with E-state index in [4.69, 9.17) is 23.5 Å². The van der Waals surface area contributed by atoms with E-state index in [1.807, 2.05) is 32.9 Å². The summed E-state index contributed by atoms with van der Waals surface area (Å²) in [5.74, 6) is 1.85. The number of benzene rings is 3. The lowest BCUT2D eigenvalue weighted by Gasteiger charge is -2.29. The second-order valence-corrected chi connectivity index (χ2v) is 15.8. The molecule has 2 amide bonds. The van der Waals surface area contributed by atoms with Crippen molar-refractivity contribution in [1.82, 2.24) is 20.6 Å². The van der Waals surface area contributed by atoms with E-state index in [0.717, 1.165) is 57.5 Å². The van der Waals surface area contributed by atoms with Crippen LogP contribution in [-0.4, -0.2) is 38.9 Å². The van der Waals surface area contributed by atoms with Gasteiger partial charge in [-0.1, -0.05) is 97.7 Å². The van der Waals surface area contributed by atoms with Crippen molar-refractivity contribution in [3.8, 4) is 28.5 Å². The van der Waals surface area contributed by atoms with Gasteiger partial charge >= 0.3 is 0 Å². The molecule has 4 aliphatic heterocycles. The first-order valence-corrected chi connectivity index (χ1v) is 18.9. The molecule has 262 valence electrons. The SMILES string of the molecule is CCCC(Br)C(=O)NC1Cc2ccc3c(c2)C24c5cccc(c5N[C@H]2O3)-c2cccc3c2C(=CC3)c2cnc(o2)-c2nc(oc24)[C@H](C(C)C)NC1=O. The van der Waals surface area contributed by atoms with Crippen LogP contribution in [-0.2, 0) is 27.8 Å². The molecule has 3 unspecified atom stereocenters. The molecule has 3 aromatic carbocycles. The van der Waals surface area contributed by atoms with Crippen molar-refractivity contribution in [3.05, 3.63) is 112 Å². The summed E-state index contributed by atoms with van der Waals surface area (Å²) in [6.07, 6.45) is 5.91. The Morgan fingerprint density at radius 3 is 2.77 bits per heavy atom. The largest absolute Gasteiger partial charge is 0.469 e. The molecule has 5 aromatic rings. The zero-order valence-corrected chi connectivity index (χ0v) is 30.5. The number of carbonyl (C=O) groups excluding carboxylic acids is 2. The van der Waals surface area contributed by atoms with Crippen LogP contribution in [0.5, 0.6) is 5.75 Å². The van der Waals surface area contributed by atoms with E-state index in [-0.39, 0.29) is 24.2 Å². The van der Waals surface area contributed by atoms with Crippen LogP contribution in [0.3, 0.4) is 0 Å². The third kappa shape index (κ3) is 4.34. The van der Waals surface area contributed by atoms with Crippen LogP contribution < -0.4 is 20.7 Å². The van der Waals surface area contributed by atoms with Gasteiger partial charge < -0.3 is 29.5 Å². The lowest BCUT2D eigenvalue weighted by Crippen LogP contribution is -2.51. The van der Waals surface area contributed by atoms with Gasteiger partial charge in [0, 0.05) is 34.4 Å². The second kappa shape index (κ2) is 11.4. The standard InChI is InChI=1S/C41H36BrN5O5/c1-4-7-27(42)36(48)44-28-17-20-12-15-29-26(16-20)41-25-11-6-10-23(33(25)47-40(41)51-29)22-9-5-8-21-13-14-24(31(21)22)30-18-43-38(50-30)34-35(41)52-39(46-34)32(19(2)3)45-37(28)49/h5-6,8-12,14-16,18-19,27-28,32,40,47H,4,7,13,17H2,1-3H3,(H,44,48)(H,45,49)/t27?,28?,32-,40-,41?/m0/s1. The van der Waals surface area contributed by atoms with E-state index in [0.29, 0.717) is 41.2 Å². The van der Waals surface area contributed by atoms with Crippen molar-refractivity contribution < 1.29 is 23.2 Å². The van der Waals surface area contributed by atoms with Gasteiger partial charge in [0.1, 0.15) is 23.2 Å². The minimum atomic E-state index is -1.01. The number of anilines is 1. The van der Waals surface area contributed by atoms with Crippen molar-refractivity contribution in [2.24, 2.45) is 5.92 Å². The van der Waals surface area contributed by atoms with E-state index in [1.165, 1.54) is 5.56 Å². The number of nitrogens with one attached hydrogen (secondary N) is 3. The van der Waals surface area contributed by atoms with E-state index in [1.54, 1.807) is 6.20 Å². The number of halogens is 1. The molecule has 5 atom stereocenters. The van der Waals surface area contributed by atoms with Crippen molar-refractivity contribution in [2.45, 2.75) is 75.0 Å². The molecular formula is C41H36BrN5O5. The van der Waals surface area contributed by atoms with Crippen LogP contribution in [0.1, 0.15) is 84.9 Å². The Balaban J connectivity index is 1.26. The molecule has 0 saturated carbocycles. The highest BCUT2D eigenvalue weighted by Crippen LogP contribution is 2.61. The topological polar surface area (TPSA) is 132 Å². The molecule has 10 rings (SSSR count). The Labute approximate surface area is 308 Å². The van der Waals surface area contributed by atoms with Gasteiger partial charge in [-0.2, -0.15) is 0 Å². The van der Waals surface area contributed by atoms with Crippen LogP contribution in [0.4, 0.5) is 5.69 Å². The zero-order chi connectivity index (χ0) is 35.5. The van der Waals surface area contributed by atoms with Gasteiger partial charge in [-0.25, -0.2) is 9.97 Å². The average molecular weight is 759 g/mol. The summed E-state index contributed by atoms with van der Waals surface area (Å²) in [5, 5.41) is 10.0. The molecule has 11 heteroatoms. The Bertz CT molecular complexity index is 2380. The number of hydrogen-bond acceptors (Lipinski definition) is 8. The molecule has 6 heterocycles. The van der Waals surface area contributed by atoms with E-state index >= 15 is 0 Å². The predicted octanol–water partition coefficient (Wildman–Crippen LogP) is 7.19. The van der Waals surface area contributed by atoms with Gasteiger partial charge in [-0.15, -0.1) is 0 Å². The summed E-state index contributed by atoms with van der Waals surface area (Å²) >= 11 is 3.52. The first-order valence-electron chi connectivity index (χ1n) is 18.0. The summed E-state index contributed by atoms with van der Waals surface area (Å²) < 4.78 is 20.5. The Morgan fingerprint density at radius 1 is 1.08 bits per heavy atom. The minimum Gasteiger partial charge on any atom is -0.469 e. The van der Waals surface area contributed by atoms with Gasteiger partial charge in [0.2, 0.25) is 23.6 Å². The molecular weight excluding hydrogens is 722 g/mol. The predicted molar refractivity (Wildman–Crippen MR) is 198 cm³/mol. The monoisotopic (exact) mass is 757 g/mol. The molecule has 3 N–H and O–H groups in total. The number of amides is 2. The van der Waals surface area contributed by atoms with Crippen molar-refractivity contribution >= 4 is 39.0 Å². The molecule has 52 heavy (non-hydrogen) atoms. The van der Waals surface area contributed by atoms with Gasteiger partial charge in [0.05, 0.1) is 11.0 Å². The first kappa shape index (κ1) is 31.6. The maximum atomic E-state index is 14.2. The highest BCUT2D eigenvalue weighted by molar-refractivity contribution is 9.10. The normalized spacial score (nSPS) is 23.3. The lowest BCUT2D eigenvalue weighted by atomic mass is 9.72. The summed E-state index contributed by atoms with van der Waals surface area (Å²) in [6, 6.07) is 17.4. The molecule has 10 nitrogen and oxygen atoms in total. The number of oxazole rings is 2. The number of aromatic nitrogens is 2. The quantitative estimate of drug-likeness (QED) is 0.161. The highest BCUT2D eigenvalue weighted by Gasteiger charge is 2.61. The van der Waals surface area contributed by atoms with Crippen LogP contribution in [0.15, 0.2) is 75.7 Å². The van der Waals surface area contributed by atoms with Gasteiger partial charge in [-0.05, 0) is 47.1 Å². The molecule has 0 fully saturated rings. The summed E-state index contributed by atoms with van der Waals surface area (Å²) in [6.45, 7) is 6.04. The first-order chi connectivity index (χ1) is 25.3. The summed E-state index contributed by atoms with van der Waals surface area (Å²) in [4.78, 5) is 37.1. The Hall–Kier alpha value is -5.16. The number of nitrogens with zero attached hydrogens (tertiary/aromatic N) is 2. The average Bonchev–Trinajstić information content (AvgIpc) is 3.96.